The molecule has 0 heterocycles. The second kappa shape index (κ2) is 4.96. The molecule has 92 valence electrons. The number of aliphatic carboxylic acids is 1. The van der Waals surface area contributed by atoms with E-state index in [9.17, 15) is 18.0 Å². The summed E-state index contributed by atoms with van der Waals surface area (Å²) in [5.41, 5.74) is 0.0289. The van der Waals surface area contributed by atoms with Crippen molar-refractivity contribution in [3.63, 3.8) is 0 Å². The van der Waals surface area contributed by atoms with Gasteiger partial charge in [-0.25, -0.2) is 0 Å². The van der Waals surface area contributed by atoms with E-state index >= 15 is 0 Å². The first-order valence-corrected chi connectivity index (χ1v) is 6.03. The molecule has 0 bridgehead atoms. The van der Waals surface area contributed by atoms with E-state index in [1.165, 1.54) is 24.3 Å². The molecule has 0 aliphatic rings. The molecule has 0 aromatic heterocycles. The molecule has 1 aromatic rings. The second-order valence-electron chi connectivity index (χ2n) is 3.20. The largest absolute Gasteiger partial charge is 0.480 e. The third kappa shape index (κ3) is 3.28. The fourth-order valence-electron chi connectivity index (χ4n) is 1.27. The number of carboxylic acids is 1. The van der Waals surface area contributed by atoms with E-state index in [4.69, 9.17) is 5.11 Å². The number of hydrogen-bond acceptors (Lipinski definition) is 5. The van der Waals surface area contributed by atoms with Crippen molar-refractivity contribution in [2.24, 2.45) is 0 Å². The zero-order chi connectivity index (χ0) is 13.1. The highest BCUT2D eigenvalue weighted by Crippen LogP contribution is 2.24. The zero-order valence-corrected chi connectivity index (χ0v) is 9.68. The standard InChI is InChI=1S/C10H10O6S/c1-7(11)16-17(14,15)9(10(12)13)8-5-3-2-4-6-8/h2-6,9H,1H3,(H,12,13). The number of hydrogen-bond donors (Lipinski definition) is 1. The highest BCUT2D eigenvalue weighted by molar-refractivity contribution is 7.88. The first kappa shape index (κ1) is 13.2. The Kier molecular flexibility index (Phi) is 3.84. The number of carboxylic acid groups (broad SMARTS) is 1. The molecule has 0 saturated carbocycles. The molecule has 1 atom stereocenters. The third-order valence-electron chi connectivity index (χ3n) is 1.85. The summed E-state index contributed by atoms with van der Waals surface area (Å²) in [5, 5.41) is 7.00. The van der Waals surface area contributed by atoms with Crippen molar-refractivity contribution in [2.75, 3.05) is 0 Å². The third-order valence-corrected chi connectivity index (χ3v) is 3.37. The van der Waals surface area contributed by atoms with Crippen molar-refractivity contribution >= 4 is 22.1 Å². The first-order valence-electron chi connectivity index (χ1n) is 4.56. The van der Waals surface area contributed by atoms with Gasteiger partial charge in [-0.3, -0.25) is 9.59 Å². The molecule has 0 aliphatic heterocycles. The van der Waals surface area contributed by atoms with Gasteiger partial charge in [-0.05, 0) is 5.56 Å². The van der Waals surface area contributed by atoms with Crippen LogP contribution in [0.15, 0.2) is 30.3 Å². The van der Waals surface area contributed by atoms with E-state index in [2.05, 4.69) is 4.18 Å². The Balaban J connectivity index is 3.20. The number of benzene rings is 1. The summed E-state index contributed by atoms with van der Waals surface area (Å²) in [7, 11) is -4.52. The molecular weight excluding hydrogens is 248 g/mol. The van der Waals surface area contributed by atoms with Crippen LogP contribution in [0.4, 0.5) is 0 Å². The number of carbonyl (C=O) groups excluding carboxylic acids is 1. The van der Waals surface area contributed by atoms with Crippen LogP contribution in [0, 0.1) is 0 Å². The summed E-state index contributed by atoms with van der Waals surface area (Å²) < 4.78 is 27.2. The Hall–Kier alpha value is -1.89. The van der Waals surface area contributed by atoms with Crippen LogP contribution in [0.25, 0.3) is 0 Å². The van der Waals surface area contributed by atoms with Crippen LogP contribution < -0.4 is 0 Å². The van der Waals surface area contributed by atoms with Crippen molar-refractivity contribution < 1.29 is 27.3 Å². The molecular formula is C10H10O6S. The molecule has 1 unspecified atom stereocenters. The molecule has 0 spiro atoms. The molecule has 1 N–H and O–H groups in total. The van der Waals surface area contributed by atoms with Gasteiger partial charge in [0, 0.05) is 6.92 Å². The monoisotopic (exact) mass is 258 g/mol. The summed E-state index contributed by atoms with van der Waals surface area (Å²) in [4.78, 5) is 21.6. The summed E-state index contributed by atoms with van der Waals surface area (Å²) >= 11 is 0. The molecule has 0 fully saturated rings. The maximum atomic E-state index is 11.6. The highest BCUT2D eigenvalue weighted by atomic mass is 32.2. The Morgan fingerprint density at radius 3 is 2.18 bits per heavy atom. The van der Waals surface area contributed by atoms with Crippen molar-refractivity contribution in [1.82, 2.24) is 0 Å². The lowest BCUT2D eigenvalue weighted by Gasteiger charge is -2.12. The highest BCUT2D eigenvalue weighted by Gasteiger charge is 2.36. The van der Waals surface area contributed by atoms with Crippen molar-refractivity contribution in [3.8, 4) is 0 Å². The van der Waals surface area contributed by atoms with Crippen molar-refractivity contribution in [3.05, 3.63) is 35.9 Å². The van der Waals surface area contributed by atoms with Gasteiger partial charge >= 0.3 is 22.1 Å². The van der Waals surface area contributed by atoms with Crippen LogP contribution in [0.5, 0.6) is 0 Å². The van der Waals surface area contributed by atoms with Crippen LogP contribution >= 0.6 is 0 Å². The van der Waals surface area contributed by atoms with Crippen LogP contribution in [-0.4, -0.2) is 25.5 Å². The minimum absolute atomic E-state index is 0.0289. The van der Waals surface area contributed by atoms with Crippen molar-refractivity contribution in [1.29, 1.82) is 0 Å². The van der Waals surface area contributed by atoms with Crippen LogP contribution in [0.1, 0.15) is 17.7 Å². The molecule has 1 rings (SSSR count). The van der Waals surface area contributed by atoms with Gasteiger partial charge in [0.2, 0.25) is 5.25 Å². The molecule has 0 amide bonds. The summed E-state index contributed by atoms with van der Waals surface area (Å²) in [5.74, 6) is -2.68. The van der Waals surface area contributed by atoms with E-state index in [0.29, 0.717) is 0 Å². The fraction of sp³-hybridized carbons (Fsp3) is 0.200. The Bertz CT molecular complexity index is 519. The van der Waals surface area contributed by atoms with Crippen molar-refractivity contribution in [2.45, 2.75) is 12.2 Å². The molecule has 1 aromatic carbocycles. The fourth-order valence-corrected chi connectivity index (χ4v) is 2.43. The minimum Gasteiger partial charge on any atom is -0.480 e. The summed E-state index contributed by atoms with van der Waals surface area (Å²) in [6, 6.07) is 7.27. The Labute approximate surface area is 98.0 Å². The quantitative estimate of drug-likeness (QED) is 0.798. The average molecular weight is 258 g/mol. The molecule has 0 radical (unpaired) electrons. The van der Waals surface area contributed by atoms with Gasteiger partial charge in [0.25, 0.3) is 0 Å². The minimum atomic E-state index is -4.52. The van der Waals surface area contributed by atoms with E-state index in [1.54, 1.807) is 6.07 Å². The number of rotatable bonds is 4. The normalized spacial score (nSPS) is 12.8. The van der Waals surface area contributed by atoms with E-state index in [-0.39, 0.29) is 5.56 Å². The van der Waals surface area contributed by atoms with E-state index < -0.39 is 27.3 Å². The summed E-state index contributed by atoms with van der Waals surface area (Å²) in [6.45, 7) is 0.890. The predicted octanol–water partition coefficient (Wildman–Crippen LogP) is 0.705. The van der Waals surface area contributed by atoms with Crippen LogP contribution in [0.3, 0.4) is 0 Å². The van der Waals surface area contributed by atoms with Gasteiger partial charge < -0.3 is 9.29 Å². The maximum absolute atomic E-state index is 11.6. The molecule has 0 saturated heterocycles. The van der Waals surface area contributed by atoms with Crippen LogP contribution in [0.2, 0.25) is 0 Å². The lowest BCUT2D eigenvalue weighted by molar-refractivity contribution is -0.136. The smallest absolute Gasteiger partial charge is 0.330 e. The van der Waals surface area contributed by atoms with Crippen LogP contribution in [-0.2, 0) is 23.9 Å². The SMILES string of the molecule is CC(=O)OS(=O)(=O)C(C(=O)O)c1ccccc1. The van der Waals surface area contributed by atoms with Gasteiger partial charge in [0.15, 0.2) is 0 Å². The van der Waals surface area contributed by atoms with E-state index in [1.807, 2.05) is 0 Å². The zero-order valence-electron chi connectivity index (χ0n) is 8.86. The summed E-state index contributed by atoms with van der Waals surface area (Å²) in [6.07, 6.45) is 0. The average Bonchev–Trinajstić information content (AvgIpc) is 2.15. The topological polar surface area (TPSA) is 97.7 Å². The maximum Gasteiger partial charge on any atom is 0.330 e. The van der Waals surface area contributed by atoms with Gasteiger partial charge in [-0.1, -0.05) is 30.3 Å². The second-order valence-corrected chi connectivity index (χ2v) is 4.82. The molecule has 6 nitrogen and oxygen atoms in total. The predicted molar refractivity (Wildman–Crippen MR) is 57.5 cm³/mol. The molecule has 7 heteroatoms. The molecule has 17 heavy (non-hydrogen) atoms. The lowest BCUT2D eigenvalue weighted by Crippen LogP contribution is -2.25. The van der Waals surface area contributed by atoms with E-state index in [0.717, 1.165) is 6.92 Å². The van der Waals surface area contributed by atoms with Gasteiger partial charge in [-0.15, -0.1) is 0 Å². The number of carbonyl (C=O) groups is 2. The Morgan fingerprint density at radius 1 is 1.24 bits per heavy atom. The lowest BCUT2D eigenvalue weighted by atomic mass is 10.1. The van der Waals surface area contributed by atoms with Gasteiger partial charge in [-0.2, -0.15) is 8.42 Å². The first-order chi connectivity index (χ1) is 7.84. The molecule has 0 aliphatic carbocycles. The van der Waals surface area contributed by atoms with Gasteiger partial charge in [0.05, 0.1) is 0 Å². The van der Waals surface area contributed by atoms with Gasteiger partial charge in [0.1, 0.15) is 0 Å². The Morgan fingerprint density at radius 2 is 1.76 bits per heavy atom.